The van der Waals surface area contributed by atoms with Gasteiger partial charge in [0.15, 0.2) is 0 Å². The van der Waals surface area contributed by atoms with Crippen LogP contribution >= 0.6 is 0 Å². The Labute approximate surface area is 145 Å². The van der Waals surface area contributed by atoms with Gasteiger partial charge in [0, 0.05) is 17.6 Å². The molecule has 0 amide bonds. The summed E-state index contributed by atoms with van der Waals surface area (Å²) < 4.78 is 17.0. The number of ether oxygens (including phenoxy) is 3. The van der Waals surface area contributed by atoms with Crippen molar-refractivity contribution in [3.63, 3.8) is 0 Å². The van der Waals surface area contributed by atoms with E-state index in [4.69, 9.17) is 14.2 Å². The largest absolute Gasteiger partial charge is 0.490 e. The second-order valence-electron chi connectivity index (χ2n) is 5.98. The number of hydrogen-bond donors (Lipinski definition) is 1. The van der Waals surface area contributed by atoms with Crippen molar-refractivity contribution in [1.29, 1.82) is 0 Å². The van der Waals surface area contributed by atoms with Crippen molar-refractivity contribution in [2.24, 2.45) is 0 Å². The molecule has 0 aliphatic carbocycles. The minimum atomic E-state index is -0.109. The van der Waals surface area contributed by atoms with Gasteiger partial charge in [-0.15, -0.1) is 0 Å². The van der Waals surface area contributed by atoms with Crippen molar-refractivity contribution >= 4 is 10.8 Å². The second kappa shape index (κ2) is 7.09. The van der Waals surface area contributed by atoms with Crippen LogP contribution in [0, 0.1) is 0 Å². The average molecular weight is 337 g/mol. The van der Waals surface area contributed by atoms with E-state index in [9.17, 15) is 4.79 Å². The van der Waals surface area contributed by atoms with E-state index in [0.717, 1.165) is 27.6 Å². The van der Waals surface area contributed by atoms with E-state index >= 15 is 0 Å². The monoisotopic (exact) mass is 337 g/mol. The third-order valence-corrected chi connectivity index (χ3v) is 4.29. The lowest BCUT2D eigenvalue weighted by atomic mass is 9.99. The Morgan fingerprint density at radius 2 is 1.92 bits per heavy atom. The van der Waals surface area contributed by atoms with E-state index in [1.165, 1.54) is 6.07 Å². The molecule has 1 aliphatic rings. The van der Waals surface area contributed by atoms with Crippen molar-refractivity contribution in [2.75, 3.05) is 26.4 Å². The molecular weight excluding hydrogens is 318 g/mol. The van der Waals surface area contributed by atoms with E-state index in [1.54, 1.807) is 6.20 Å². The molecule has 1 saturated heterocycles. The van der Waals surface area contributed by atoms with Gasteiger partial charge < -0.3 is 19.2 Å². The van der Waals surface area contributed by atoms with Gasteiger partial charge >= 0.3 is 0 Å². The molecule has 1 N–H and O–H groups in total. The third-order valence-electron chi connectivity index (χ3n) is 4.29. The molecule has 5 nitrogen and oxygen atoms in total. The first-order valence-corrected chi connectivity index (χ1v) is 8.34. The van der Waals surface area contributed by atoms with Gasteiger partial charge in [-0.05, 0) is 34.7 Å². The van der Waals surface area contributed by atoms with Crippen LogP contribution in [0.5, 0.6) is 5.75 Å². The summed E-state index contributed by atoms with van der Waals surface area (Å²) in [5, 5.41) is 2.11. The van der Waals surface area contributed by atoms with E-state index in [1.807, 2.05) is 36.4 Å². The van der Waals surface area contributed by atoms with Crippen LogP contribution in [-0.4, -0.2) is 37.5 Å². The van der Waals surface area contributed by atoms with Crippen molar-refractivity contribution in [3.8, 4) is 16.9 Å². The van der Waals surface area contributed by atoms with Crippen LogP contribution in [0.1, 0.15) is 0 Å². The van der Waals surface area contributed by atoms with Crippen LogP contribution in [0.15, 0.2) is 59.5 Å². The highest BCUT2D eigenvalue weighted by molar-refractivity contribution is 5.99. The van der Waals surface area contributed by atoms with Crippen molar-refractivity contribution in [2.45, 2.75) is 6.10 Å². The summed E-state index contributed by atoms with van der Waals surface area (Å²) in [4.78, 5) is 14.0. The zero-order chi connectivity index (χ0) is 17.1. The molecule has 2 heterocycles. The fourth-order valence-corrected chi connectivity index (χ4v) is 3.04. The maximum absolute atomic E-state index is 11.3. The third kappa shape index (κ3) is 3.43. The average Bonchev–Trinajstić information content (AvgIpc) is 2.68. The number of rotatable bonds is 4. The number of nitrogens with one attached hydrogen (secondary N) is 1. The van der Waals surface area contributed by atoms with Crippen LogP contribution in [0.2, 0.25) is 0 Å². The summed E-state index contributed by atoms with van der Waals surface area (Å²) in [6.45, 7) is 2.28. The molecule has 1 atom stereocenters. The summed E-state index contributed by atoms with van der Waals surface area (Å²) in [5.41, 5.74) is 1.91. The Balaban J connectivity index is 1.66. The quantitative estimate of drug-likeness (QED) is 0.795. The summed E-state index contributed by atoms with van der Waals surface area (Å²) in [6.07, 6.45) is 1.70. The zero-order valence-electron chi connectivity index (χ0n) is 13.7. The molecule has 0 bridgehead atoms. The molecule has 0 spiro atoms. The van der Waals surface area contributed by atoms with Crippen LogP contribution < -0.4 is 10.3 Å². The molecule has 1 unspecified atom stereocenters. The standard InChI is InChI=1S/C20H19NO4/c22-20-8-5-14(11-21-20)16-6-7-19(18-4-2-1-3-17(16)18)25-13-15-12-23-9-10-24-15/h1-8,11,15H,9-10,12-13H2,(H,21,22). The van der Waals surface area contributed by atoms with E-state index in [0.29, 0.717) is 26.4 Å². The van der Waals surface area contributed by atoms with Gasteiger partial charge in [-0.2, -0.15) is 0 Å². The van der Waals surface area contributed by atoms with Crippen LogP contribution in [0.3, 0.4) is 0 Å². The van der Waals surface area contributed by atoms with Crippen LogP contribution in [0.4, 0.5) is 0 Å². The number of aromatic amines is 1. The Morgan fingerprint density at radius 1 is 1.04 bits per heavy atom. The molecule has 0 saturated carbocycles. The summed E-state index contributed by atoms with van der Waals surface area (Å²) in [6, 6.07) is 15.4. The van der Waals surface area contributed by atoms with Gasteiger partial charge in [0.1, 0.15) is 18.5 Å². The Bertz CT molecular complexity index is 908. The number of H-pyrrole nitrogens is 1. The molecule has 128 valence electrons. The lowest BCUT2D eigenvalue weighted by molar-refractivity contribution is -0.101. The highest BCUT2D eigenvalue weighted by Gasteiger charge is 2.16. The predicted molar refractivity (Wildman–Crippen MR) is 96.1 cm³/mol. The number of aromatic nitrogens is 1. The smallest absolute Gasteiger partial charge is 0.247 e. The van der Waals surface area contributed by atoms with Crippen molar-refractivity contribution in [1.82, 2.24) is 4.98 Å². The molecule has 4 rings (SSSR count). The molecule has 3 aromatic rings. The normalized spacial score (nSPS) is 17.5. The highest BCUT2D eigenvalue weighted by atomic mass is 16.6. The van der Waals surface area contributed by atoms with Crippen molar-refractivity contribution < 1.29 is 14.2 Å². The lowest BCUT2D eigenvalue weighted by Crippen LogP contribution is -2.33. The molecular formula is C20H19NO4. The number of fused-ring (bicyclic) bond motifs is 1. The topological polar surface area (TPSA) is 60.6 Å². The molecule has 25 heavy (non-hydrogen) atoms. The number of benzene rings is 2. The van der Waals surface area contributed by atoms with Gasteiger partial charge in [-0.1, -0.05) is 24.3 Å². The highest BCUT2D eigenvalue weighted by Crippen LogP contribution is 2.34. The van der Waals surface area contributed by atoms with E-state index < -0.39 is 0 Å². The maximum Gasteiger partial charge on any atom is 0.247 e. The lowest BCUT2D eigenvalue weighted by Gasteiger charge is -2.23. The maximum atomic E-state index is 11.3. The van der Waals surface area contributed by atoms with Gasteiger partial charge in [-0.3, -0.25) is 4.79 Å². The number of hydrogen-bond acceptors (Lipinski definition) is 4. The summed E-state index contributed by atoms with van der Waals surface area (Å²) in [5.74, 6) is 0.818. The fourth-order valence-electron chi connectivity index (χ4n) is 3.04. The molecule has 5 heteroatoms. The Morgan fingerprint density at radius 3 is 2.68 bits per heavy atom. The Hall–Kier alpha value is -2.63. The van der Waals surface area contributed by atoms with Crippen molar-refractivity contribution in [3.05, 3.63) is 65.1 Å². The summed E-state index contributed by atoms with van der Waals surface area (Å²) in [7, 11) is 0. The van der Waals surface area contributed by atoms with E-state index in [-0.39, 0.29) is 11.7 Å². The predicted octanol–water partition coefficient (Wildman–Crippen LogP) is 2.99. The second-order valence-corrected chi connectivity index (χ2v) is 5.98. The molecule has 1 fully saturated rings. The molecule has 2 aromatic carbocycles. The molecule has 0 radical (unpaired) electrons. The zero-order valence-corrected chi connectivity index (χ0v) is 13.7. The summed E-state index contributed by atoms with van der Waals surface area (Å²) >= 11 is 0. The van der Waals surface area contributed by atoms with Crippen LogP contribution in [0.25, 0.3) is 21.9 Å². The minimum absolute atomic E-state index is 0.0358. The molecule has 1 aromatic heterocycles. The van der Waals surface area contributed by atoms with Gasteiger partial charge in [0.05, 0.1) is 19.8 Å². The van der Waals surface area contributed by atoms with E-state index in [2.05, 4.69) is 11.1 Å². The first kappa shape index (κ1) is 15.9. The van der Waals surface area contributed by atoms with Gasteiger partial charge in [0.25, 0.3) is 0 Å². The number of pyridine rings is 1. The van der Waals surface area contributed by atoms with Gasteiger partial charge in [-0.25, -0.2) is 0 Å². The van der Waals surface area contributed by atoms with Crippen LogP contribution in [-0.2, 0) is 9.47 Å². The first-order valence-electron chi connectivity index (χ1n) is 8.34. The van der Waals surface area contributed by atoms with Gasteiger partial charge in [0.2, 0.25) is 5.56 Å². The SMILES string of the molecule is O=c1ccc(-c2ccc(OCC3COCCO3)c3ccccc23)c[nH]1. The fraction of sp³-hybridized carbons (Fsp3) is 0.250. The first-order chi connectivity index (χ1) is 12.3. The molecule has 1 aliphatic heterocycles. The minimum Gasteiger partial charge on any atom is -0.490 e. The Kier molecular flexibility index (Phi) is 4.50.